The van der Waals surface area contributed by atoms with Crippen LogP contribution in [0.2, 0.25) is 0 Å². The highest BCUT2D eigenvalue weighted by atomic mass is 16.5. The summed E-state index contributed by atoms with van der Waals surface area (Å²) in [6.07, 6.45) is 0.976. The molecule has 3 atom stereocenters. The second-order valence-corrected chi connectivity index (χ2v) is 4.87. The molecule has 1 fully saturated rings. The van der Waals surface area contributed by atoms with Crippen molar-refractivity contribution in [2.24, 2.45) is 5.41 Å². The maximum atomic E-state index is 12.1. The second-order valence-electron chi connectivity index (χ2n) is 4.87. The predicted octanol–water partition coefficient (Wildman–Crippen LogP) is 2.84. The smallest absolute Gasteiger partial charge is 0.313 e. The summed E-state index contributed by atoms with van der Waals surface area (Å²) in [5.74, 6) is 0.731. The van der Waals surface area contributed by atoms with Gasteiger partial charge in [0, 0.05) is 5.92 Å². The van der Waals surface area contributed by atoms with Crippen LogP contribution in [0, 0.1) is 5.41 Å². The summed E-state index contributed by atoms with van der Waals surface area (Å²) in [4.78, 5) is 12.1. The van der Waals surface area contributed by atoms with Gasteiger partial charge in [-0.1, -0.05) is 31.2 Å². The third-order valence-electron chi connectivity index (χ3n) is 4.27. The summed E-state index contributed by atoms with van der Waals surface area (Å²) < 4.78 is 5.23. The Labute approximate surface area is 95.6 Å². The minimum Gasteiger partial charge on any atom is -0.466 e. The van der Waals surface area contributed by atoms with Crippen molar-refractivity contribution in [1.82, 2.24) is 0 Å². The Bertz CT molecular complexity index is 437. The Morgan fingerprint density at radius 2 is 2.12 bits per heavy atom. The van der Waals surface area contributed by atoms with Crippen LogP contribution in [0.1, 0.15) is 43.2 Å². The van der Waals surface area contributed by atoms with Crippen molar-refractivity contribution in [3.05, 3.63) is 35.4 Å². The van der Waals surface area contributed by atoms with E-state index in [1.807, 2.05) is 6.92 Å². The van der Waals surface area contributed by atoms with Crippen molar-refractivity contribution in [1.29, 1.82) is 0 Å². The number of ether oxygens (including phenoxy) is 1. The Balaban J connectivity index is 1.99. The number of hydrogen-bond donors (Lipinski definition) is 0. The highest BCUT2D eigenvalue weighted by molar-refractivity contribution is 5.86. The zero-order valence-corrected chi connectivity index (χ0v) is 9.69. The van der Waals surface area contributed by atoms with E-state index >= 15 is 0 Å². The Kier molecular flexibility index (Phi) is 1.91. The molecule has 0 aromatic heterocycles. The zero-order valence-electron chi connectivity index (χ0n) is 9.69. The number of fused-ring (bicyclic) bond motifs is 3. The van der Waals surface area contributed by atoms with E-state index in [1.54, 1.807) is 0 Å². The molecule has 2 aliphatic carbocycles. The SMILES string of the molecule is CCOC(=O)C12CC1c1ccccc1C2C. The Morgan fingerprint density at radius 3 is 2.75 bits per heavy atom. The molecule has 3 rings (SSSR count). The van der Waals surface area contributed by atoms with Crippen LogP contribution in [0.4, 0.5) is 0 Å². The lowest BCUT2D eigenvalue weighted by Crippen LogP contribution is -2.23. The minimum atomic E-state index is -0.223. The van der Waals surface area contributed by atoms with E-state index in [0.717, 1.165) is 6.42 Å². The molecule has 3 unspecified atom stereocenters. The fraction of sp³-hybridized carbons (Fsp3) is 0.500. The topological polar surface area (TPSA) is 26.3 Å². The molecule has 0 N–H and O–H groups in total. The quantitative estimate of drug-likeness (QED) is 0.710. The summed E-state index contributed by atoms with van der Waals surface area (Å²) in [5.41, 5.74) is 2.48. The van der Waals surface area contributed by atoms with E-state index in [0.29, 0.717) is 18.4 Å². The molecular formula is C14H16O2. The molecule has 1 aromatic carbocycles. The highest BCUT2D eigenvalue weighted by Gasteiger charge is 2.69. The van der Waals surface area contributed by atoms with Crippen molar-refractivity contribution in [3.8, 4) is 0 Å². The van der Waals surface area contributed by atoms with Crippen LogP contribution >= 0.6 is 0 Å². The van der Waals surface area contributed by atoms with Crippen molar-refractivity contribution in [2.45, 2.75) is 32.1 Å². The maximum Gasteiger partial charge on any atom is 0.313 e. The van der Waals surface area contributed by atoms with Crippen LogP contribution in [-0.2, 0) is 9.53 Å². The Hall–Kier alpha value is -1.31. The lowest BCUT2D eigenvalue weighted by Gasteiger charge is -2.18. The van der Waals surface area contributed by atoms with Gasteiger partial charge in [0.1, 0.15) is 0 Å². The average molecular weight is 216 g/mol. The first-order chi connectivity index (χ1) is 7.71. The molecule has 0 heterocycles. The van der Waals surface area contributed by atoms with Gasteiger partial charge >= 0.3 is 5.97 Å². The molecule has 0 amide bonds. The molecule has 84 valence electrons. The maximum absolute atomic E-state index is 12.1. The number of carbonyl (C=O) groups is 1. The van der Waals surface area contributed by atoms with Crippen LogP contribution in [0.15, 0.2) is 24.3 Å². The zero-order chi connectivity index (χ0) is 11.3. The van der Waals surface area contributed by atoms with Gasteiger partial charge in [-0.2, -0.15) is 0 Å². The molecule has 0 radical (unpaired) electrons. The van der Waals surface area contributed by atoms with E-state index < -0.39 is 0 Å². The molecule has 0 bridgehead atoms. The first kappa shape index (κ1) is 9.88. The van der Waals surface area contributed by atoms with E-state index in [1.165, 1.54) is 11.1 Å². The molecule has 2 nitrogen and oxygen atoms in total. The largest absolute Gasteiger partial charge is 0.466 e. The number of rotatable bonds is 2. The van der Waals surface area contributed by atoms with Gasteiger partial charge < -0.3 is 4.74 Å². The van der Waals surface area contributed by atoms with Crippen LogP contribution in [-0.4, -0.2) is 12.6 Å². The molecule has 16 heavy (non-hydrogen) atoms. The first-order valence-electron chi connectivity index (χ1n) is 5.98. The van der Waals surface area contributed by atoms with Crippen molar-refractivity contribution >= 4 is 5.97 Å². The molecule has 0 aliphatic heterocycles. The fourth-order valence-corrected chi connectivity index (χ4v) is 3.31. The molecule has 2 heteroatoms. The van der Waals surface area contributed by atoms with Gasteiger partial charge in [0.25, 0.3) is 0 Å². The van der Waals surface area contributed by atoms with Gasteiger partial charge in [-0.05, 0) is 30.4 Å². The monoisotopic (exact) mass is 216 g/mol. The van der Waals surface area contributed by atoms with Gasteiger partial charge in [0.15, 0.2) is 0 Å². The number of carbonyl (C=O) groups excluding carboxylic acids is 1. The summed E-state index contributed by atoms with van der Waals surface area (Å²) in [5, 5.41) is 0. The van der Waals surface area contributed by atoms with Crippen molar-refractivity contribution in [3.63, 3.8) is 0 Å². The molecule has 0 spiro atoms. The van der Waals surface area contributed by atoms with Crippen LogP contribution in [0.3, 0.4) is 0 Å². The lowest BCUT2D eigenvalue weighted by atomic mass is 9.88. The molecule has 0 saturated heterocycles. The molecular weight excluding hydrogens is 200 g/mol. The van der Waals surface area contributed by atoms with Gasteiger partial charge in [-0.3, -0.25) is 4.79 Å². The normalized spacial score (nSPS) is 34.1. The van der Waals surface area contributed by atoms with Crippen molar-refractivity contribution in [2.75, 3.05) is 6.61 Å². The molecule has 1 saturated carbocycles. The third-order valence-corrected chi connectivity index (χ3v) is 4.27. The van der Waals surface area contributed by atoms with Gasteiger partial charge in [0.05, 0.1) is 12.0 Å². The Morgan fingerprint density at radius 1 is 1.44 bits per heavy atom. The summed E-state index contributed by atoms with van der Waals surface area (Å²) in [6, 6.07) is 8.42. The number of hydrogen-bond acceptors (Lipinski definition) is 2. The third kappa shape index (κ3) is 0.998. The van der Waals surface area contributed by atoms with Gasteiger partial charge in [-0.25, -0.2) is 0 Å². The minimum absolute atomic E-state index is 0.00343. The second kappa shape index (κ2) is 3.09. The number of benzene rings is 1. The van der Waals surface area contributed by atoms with Crippen LogP contribution in [0.5, 0.6) is 0 Å². The predicted molar refractivity (Wildman–Crippen MR) is 61.3 cm³/mol. The van der Waals surface area contributed by atoms with Crippen molar-refractivity contribution < 1.29 is 9.53 Å². The van der Waals surface area contributed by atoms with Crippen LogP contribution in [0.25, 0.3) is 0 Å². The van der Waals surface area contributed by atoms with E-state index in [9.17, 15) is 4.79 Å². The van der Waals surface area contributed by atoms with Gasteiger partial charge in [0.2, 0.25) is 0 Å². The standard InChI is InChI=1S/C14H16O2/c1-3-16-13(15)14-8-12(14)11-7-5-4-6-10(11)9(14)2/h4-7,9,12H,3,8H2,1-2H3. The first-order valence-corrected chi connectivity index (χ1v) is 5.98. The van der Waals surface area contributed by atoms with Crippen LogP contribution < -0.4 is 0 Å². The summed E-state index contributed by atoms with van der Waals surface area (Å²) >= 11 is 0. The summed E-state index contributed by atoms with van der Waals surface area (Å²) in [6.45, 7) is 4.51. The highest BCUT2D eigenvalue weighted by Crippen LogP contribution is 2.72. The van der Waals surface area contributed by atoms with E-state index in [-0.39, 0.29) is 11.4 Å². The van der Waals surface area contributed by atoms with E-state index in [2.05, 4.69) is 31.2 Å². The molecule has 2 aliphatic rings. The fourth-order valence-electron chi connectivity index (χ4n) is 3.31. The average Bonchev–Trinajstić information content (AvgIpc) is 3.00. The summed E-state index contributed by atoms with van der Waals surface area (Å²) in [7, 11) is 0. The van der Waals surface area contributed by atoms with E-state index in [4.69, 9.17) is 4.74 Å². The number of esters is 1. The lowest BCUT2D eigenvalue weighted by molar-refractivity contribution is -0.150. The molecule has 1 aromatic rings. The van der Waals surface area contributed by atoms with Gasteiger partial charge in [-0.15, -0.1) is 0 Å².